The monoisotopic (exact) mass is 361 g/mol. The van der Waals surface area contributed by atoms with Crippen LogP contribution in [0.4, 0.5) is 4.39 Å². The Hall–Kier alpha value is -1.37. The lowest BCUT2D eigenvalue weighted by Crippen LogP contribution is -2.47. The maximum absolute atomic E-state index is 13.7. The molecule has 3 rings (SSSR count). The molecule has 2 fully saturated rings. The summed E-state index contributed by atoms with van der Waals surface area (Å²) in [5, 5.41) is 9.39. The van der Waals surface area contributed by atoms with Gasteiger partial charge in [0.2, 0.25) is 5.91 Å². The zero-order valence-corrected chi connectivity index (χ0v) is 13.5. The van der Waals surface area contributed by atoms with Gasteiger partial charge in [-0.25, -0.2) is 4.39 Å². The first kappa shape index (κ1) is 16.5. The number of hydrogen-bond donors (Lipinski definition) is 1. The molecule has 0 aromatic heterocycles. The smallest absolute Gasteiger partial charge is 0.319 e. The summed E-state index contributed by atoms with van der Waals surface area (Å²) in [5.74, 6) is -2.13. The lowest BCUT2D eigenvalue weighted by Gasteiger charge is -2.35. The number of carboxylic acids is 1. The average molecular weight is 362 g/mol. The van der Waals surface area contributed by atoms with Gasteiger partial charge in [-0.2, -0.15) is 0 Å². The highest BCUT2D eigenvalue weighted by Crippen LogP contribution is 2.48. The maximum Gasteiger partial charge on any atom is 0.319 e. The number of carbonyl (C=O) groups is 2. The van der Waals surface area contributed by atoms with E-state index in [1.165, 1.54) is 17.0 Å². The van der Waals surface area contributed by atoms with Crippen LogP contribution in [0.25, 0.3) is 0 Å². The Kier molecular flexibility index (Phi) is 4.25. The Morgan fingerprint density at radius 2 is 2.00 bits per heavy atom. The number of halogens is 3. The van der Waals surface area contributed by atoms with E-state index >= 15 is 0 Å². The molecule has 1 aromatic carbocycles. The van der Waals surface area contributed by atoms with Crippen LogP contribution in [0.3, 0.4) is 0 Å². The van der Waals surface area contributed by atoms with Crippen LogP contribution in [0.1, 0.15) is 24.5 Å². The number of carboxylic acid groups (broad SMARTS) is 1. The summed E-state index contributed by atoms with van der Waals surface area (Å²) < 4.78 is 19.2. The van der Waals surface area contributed by atoms with E-state index in [1.54, 1.807) is 0 Å². The molecule has 0 radical (unpaired) electrons. The van der Waals surface area contributed by atoms with E-state index in [9.17, 15) is 19.1 Å². The van der Waals surface area contributed by atoms with Gasteiger partial charge in [0.25, 0.3) is 0 Å². The first-order valence-corrected chi connectivity index (χ1v) is 7.89. The number of amides is 1. The van der Waals surface area contributed by atoms with Crippen LogP contribution in [-0.4, -0.2) is 41.6 Å². The van der Waals surface area contributed by atoms with Gasteiger partial charge < -0.3 is 14.7 Å². The molecular formula is C15H14Cl2FNO4. The standard InChI is InChI=1S/C15H14Cl2FNO4/c16-9-6-10(17)11(18)5-8(9)12-7-19(3-4-23-12)13(20)15(1-2-15)14(21)22/h5-6,12H,1-4,7H2,(H,21,22). The molecule has 1 atom stereocenters. The highest BCUT2D eigenvalue weighted by atomic mass is 35.5. The van der Waals surface area contributed by atoms with Crippen molar-refractivity contribution in [1.29, 1.82) is 0 Å². The van der Waals surface area contributed by atoms with E-state index in [0.717, 1.165) is 0 Å². The molecule has 2 aliphatic rings. The van der Waals surface area contributed by atoms with Gasteiger partial charge in [-0.1, -0.05) is 23.2 Å². The molecule has 1 amide bonds. The Bertz CT molecular complexity index is 678. The molecule has 0 spiro atoms. The SMILES string of the molecule is O=C(O)C1(C(=O)N2CCOC(c3cc(F)c(Cl)cc3Cl)C2)CC1. The topological polar surface area (TPSA) is 66.8 Å². The molecule has 1 N–H and O–H groups in total. The molecule has 5 nitrogen and oxygen atoms in total. The van der Waals surface area contributed by atoms with Crippen LogP contribution in [0.5, 0.6) is 0 Å². The highest BCUT2D eigenvalue weighted by molar-refractivity contribution is 6.35. The average Bonchev–Trinajstić information content (AvgIpc) is 3.32. The Morgan fingerprint density at radius 3 is 2.61 bits per heavy atom. The van der Waals surface area contributed by atoms with Crippen molar-refractivity contribution in [2.45, 2.75) is 18.9 Å². The van der Waals surface area contributed by atoms with E-state index in [-0.39, 0.29) is 23.2 Å². The van der Waals surface area contributed by atoms with Gasteiger partial charge >= 0.3 is 5.97 Å². The van der Waals surface area contributed by atoms with Gasteiger partial charge in [-0.15, -0.1) is 0 Å². The van der Waals surface area contributed by atoms with Gasteiger partial charge in [0, 0.05) is 17.1 Å². The predicted octanol–water partition coefficient (Wildman–Crippen LogP) is 2.90. The van der Waals surface area contributed by atoms with E-state index in [2.05, 4.69) is 0 Å². The number of nitrogens with zero attached hydrogens (tertiary/aromatic N) is 1. The van der Waals surface area contributed by atoms with Crippen LogP contribution in [-0.2, 0) is 14.3 Å². The van der Waals surface area contributed by atoms with E-state index in [1.807, 2.05) is 0 Å². The van der Waals surface area contributed by atoms with Crippen LogP contribution in [0, 0.1) is 11.2 Å². The van der Waals surface area contributed by atoms with Crippen molar-refractivity contribution in [2.75, 3.05) is 19.7 Å². The number of ether oxygens (including phenoxy) is 1. The van der Waals surface area contributed by atoms with Crippen molar-refractivity contribution in [3.05, 3.63) is 33.6 Å². The number of morpholine rings is 1. The molecule has 1 saturated carbocycles. The fraction of sp³-hybridized carbons (Fsp3) is 0.467. The first-order valence-electron chi connectivity index (χ1n) is 7.14. The zero-order valence-electron chi connectivity index (χ0n) is 12.0. The normalized spacial score (nSPS) is 22.7. The van der Waals surface area contributed by atoms with Crippen molar-refractivity contribution in [3.8, 4) is 0 Å². The van der Waals surface area contributed by atoms with Gasteiger partial charge in [0.1, 0.15) is 17.3 Å². The quantitative estimate of drug-likeness (QED) is 0.663. The fourth-order valence-corrected chi connectivity index (χ4v) is 3.26. The molecule has 1 aliphatic carbocycles. The Labute approximate surface area is 141 Å². The molecule has 1 heterocycles. The number of carbonyl (C=O) groups excluding carboxylic acids is 1. The van der Waals surface area contributed by atoms with Gasteiger partial charge in [-0.05, 0) is 25.0 Å². The summed E-state index contributed by atoms with van der Waals surface area (Å²) in [6.07, 6.45) is 0.0792. The molecule has 1 aliphatic heterocycles. The van der Waals surface area contributed by atoms with Crippen molar-refractivity contribution in [2.24, 2.45) is 5.41 Å². The van der Waals surface area contributed by atoms with E-state index < -0.39 is 29.2 Å². The van der Waals surface area contributed by atoms with Gasteiger partial charge in [0.15, 0.2) is 0 Å². The van der Waals surface area contributed by atoms with Crippen molar-refractivity contribution < 1.29 is 23.8 Å². The lowest BCUT2D eigenvalue weighted by molar-refractivity contribution is -0.157. The van der Waals surface area contributed by atoms with Crippen LogP contribution in [0.2, 0.25) is 10.0 Å². The maximum atomic E-state index is 13.7. The van der Waals surface area contributed by atoms with Crippen molar-refractivity contribution >= 4 is 35.1 Å². The third kappa shape index (κ3) is 2.91. The summed E-state index contributed by atoms with van der Waals surface area (Å²) in [6, 6.07) is 2.48. The molecule has 1 unspecified atom stereocenters. The minimum absolute atomic E-state index is 0.0923. The second-order valence-electron chi connectivity index (χ2n) is 5.79. The molecule has 0 bridgehead atoms. The first-order chi connectivity index (χ1) is 10.8. The third-order valence-corrected chi connectivity index (χ3v) is 4.93. The van der Waals surface area contributed by atoms with Gasteiger partial charge in [0.05, 0.1) is 18.2 Å². The van der Waals surface area contributed by atoms with Crippen LogP contribution in [0.15, 0.2) is 12.1 Å². The van der Waals surface area contributed by atoms with Gasteiger partial charge in [-0.3, -0.25) is 9.59 Å². The second kappa shape index (κ2) is 5.92. The Balaban J connectivity index is 1.80. The Morgan fingerprint density at radius 1 is 1.30 bits per heavy atom. The van der Waals surface area contributed by atoms with Crippen molar-refractivity contribution in [1.82, 2.24) is 4.90 Å². The fourth-order valence-electron chi connectivity index (χ4n) is 2.75. The van der Waals surface area contributed by atoms with Crippen LogP contribution >= 0.6 is 23.2 Å². The third-order valence-electron chi connectivity index (χ3n) is 4.31. The predicted molar refractivity (Wildman–Crippen MR) is 81.0 cm³/mol. The zero-order chi connectivity index (χ0) is 16.8. The van der Waals surface area contributed by atoms with Crippen LogP contribution < -0.4 is 0 Å². The summed E-state index contributed by atoms with van der Waals surface area (Å²) in [6.45, 7) is 0.666. The van der Waals surface area contributed by atoms with Crippen molar-refractivity contribution in [3.63, 3.8) is 0 Å². The second-order valence-corrected chi connectivity index (χ2v) is 6.60. The number of rotatable bonds is 3. The number of aliphatic carboxylic acids is 1. The number of hydrogen-bond acceptors (Lipinski definition) is 3. The van der Waals surface area contributed by atoms with E-state index in [4.69, 9.17) is 27.9 Å². The molecule has 23 heavy (non-hydrogen) atoms. The largest absolute Gasteiger partial charge is 0.480 e. The number of benzene rings is 1. The molecule has 1 saturated heterocycles. The minimum Gasteiger partial charge on any atom is -0.480 e. The molecular weight excluding hydrogens is 348 g/mol. The molecule has 124 valence electrons. The molecule has 1 aromatic rings. The summed E-state index contributed by atoms with van der Waals surface area (Å²) >= 11 is 11.8. The highest BCUT2D eigenvalue weighted by Gasteiger charge is 2.58. The van der Waals surface area contributed by atoms with E-state index in [0.29, 0.717) is 24.9 Å². The minimum atomic E-state index is -1.29. The summed E-state index contributed by atoms with van der Waals surface area (Å²) in [4.78, 5) is 25.2. The summed E-state index contributed by atoms with van der Waals surface area (Å²) in [5.41, 5.74) is -0.900. The summed E-state index contributed by atoms with van der Waals surface area (Å²) in [7, 11) is 0. The lowest BCUT2D eigenvalue weighted by atomic mass is 10.0. The molecule has 8 heteroatoms.